The van der Waals surface area contributed by atoms with E-state index in [9.17, 15) is 19.0 Å². The predicted octanol–water partition coefficient (Wildman–Crippen LogP) is 2.01. The fraction of sp³-hybridized carbons (Fsp3) is 0.565. The molecule has 2 aromatic heterocycles. The molecule has 0 spiro atoms. The maximum absolute atomic E-state index is 13.8. The highest BCUT2D eigenvalue weighted by Crippen LogP contribution is 2.44. The van der Waals surface area contributed by atoms with Crippen LogP contribution in [0.5, 0.6) is 0 Å². The van der Waals surface area contributed by atoms with Crippen LogP contribution in [0.1, 0.15) is 53.2 Å². The standard InChI is InChI=1S/C23H28F2N6O4S/c1-2-7-36-23-27-21(26-15-9-12(15)11-3-4-13(24)14(25)8-11)18-22(28-23)31(30-29-18)16-10-17(35-6-5-32)20(34)19(16)33/h3-4,8,12,15-17,19-20,32-34H,2,5-7,9-10H2,1H3,(H,26,27,28)/t12?,15-,16+,17-,19-,20+/m0/s1/i1D3,2D2,7D2. The van der Waals surface area contributed by atoms with Crippen LogP contribution in [-0.4, -0.2) is 83.6 Å². The molecule has 0 saturated heterocycles. The molecule has 0 bridgehead atoms. The van der Waals surface area contributed by atoms with Crippen molar-refractivity contribution in [3.63, 3.8) is 0 Å². The van der Waals surface area contributed by atoms with Crippen LogP contribution < -0.4 is 5.32 Å². The SMILES string of the molecule is [2H]C([2H])([2H])C([2H])([2H])C([2H])([2H])Sc1nc(N[C@H]2CC2c2ccc(F)c(F)c2)c2nnn([C@@H]3C[C@H](OCCO)[C@@H](O)[C@H]3O)c2n1. The zero-order chi connectivity index (χ0) is 31.5. The highest BCUT2D eigenvalue weighted by molar-refractivity contribution is 7.99. The lowest BCUT2D eigenvalue weighted by Crippen LogP contribution is -2.33. The molecule has 3 aromatic rings. The molecule has 13 heteroatoms. The number of aliphatic hydroxyl groups is 3. The molecule has 1 unspecified atom stereocenters. The van der Waals surface area contributed by atoms with Crippen molar-refractivity contribution in [2.75, 3.05) is 24.2 Å². The summed E-state index contributed by atoms with van der Waals surface area (Å²) in [6.45, 7) is -3.72. The Balaban J connectivity index is 1.51. The molecule has 0 aliphatic heterocycles. The average molecular weight is 530 g/mol. The summed E-state index contributed by atoms with van der Waals surface area (Å²) in [4.78, 5) is 8.58. The molecule has 194 valence electrons. The topological polar surface area (TPSA) is 138 Å². The second-order valence-corrected chi connectivity index (χ2v) is 9.35. The number of thioether (sulfide) groups is 1. The van der Waals surface area contributed by atoms with Gasteiger partial charge in [0.25, 0.3) is 0 Å². The molecule has 2 fully saturated rings. The summed E-state index contributed by atoms with van der Waals surface area (Å²) in [7, 11) is 0. The van der Waals surface area contributed by atoms with E-state index in [1.807, 2.05) is 0 Å². The lowest BCUT2D eigenvalue weighted by molar-refractivity contribution is -0.0629. The largest absolute Gasteiger partial charge is 0.394 e. The van der Waals surface area contributed by atoms with Gasteiger partial charge in [-0.3, -0.25) is 0 Å². The maximum Gasteiger partial charge on any atom is 0.191 e. The van der Waals surface area contributed by atoms with Crippen LogP contribution in [-0.2, 0) is 4.74 Å². The van der Waals surface area contributed by atoms with Crippen molar-refractivity contribution in [3.05, 3.63) is 35.4 Å². The minimum absolute atomic E-state index is 0.0280. The van der Waals surface area contributed by atoms with Gasteiger partial charge in [0, 0.05) is 33.7 Å². The molecule has 10 nitrogen and oxygen atoms in total. The van der Waals surface area contributed by atoms with Crippen molar-refractivity contribution in [1.29, 1.82) is 0 Å². The van der Waals surface area contributed by atoms with Crippen LogP contribution in [0, 0.1) is 11.6 Å². The van der Waals surface area contributed by atoms with Crippen LogP contribution in [0.2, 0.25) is 0 Å². The second kappa shape index (κ2) is 10.5. The zero-order valence-electron chi connectivity index (χ0n) is 25.7. The molecule has 4 N–H and O–H groups in total. The summed E-state index contributed by atoms with van der Waals surface area (Å²) < 4.78 is 88.8. The van der Waals surface area contributed by atoms with Crippen LogP contribution in [0.4, 0.5) is 14.6 Å². The highest BCUT2D eigenvalue weighted by Gasteiger charge is 2.45. The van der Waals surface area contributed by atoms with Gasteiger partial charge in [0.15, 0.2) is 33.8 Å². The monoisotopic (exact) mass is 529 g/mol. The second-order valence-electron chi connectivity index (χ2n) is 8.57. The molecular weight excluding hydrogens is 494 g/mol. The Morgan fingerprint density at radius 1 is 1.25 bits per heavy atom. The highest BCUT2D eigenvalue weighted by atomic mass is 32.2. The average Bonchev–Trinajstić information content (AvgIpc) is 3.47. The number of aromatic nitrogens is 5. The van der Waals surface area contributed by atoms with Crippen molar-refractivity contribution < 1.29 is 38.4 Å². The molecule has 2 saturated carbocycles. The third-order valence-corrected chi connectivity index (χ3v) is 6.89. The van der Waals surface area contributed by atoms with Gasteiger partial charge in [-0.05, 0) is 30.5 Å². The molecular formula is C23H28F2N6O4S. The first kappa shape index (κ1) is 17.9. The molecule has 36 heavy (non-hydrogen) atoms. The van der Waals surface area contributed by atoms with Gasteiger partial charge < -0.3 is 25.4 Å². The van der Waals surface area contributed by atoms with Crippen molar-refractivity contribution in [2.45, 2.75) is 67.5 Å². The Kier molecular flexibility index (Phi) is 5.22. The van der Waals surface area contributed by atoms with E-state index < -0.39 is 54.9 Å². The lowest BCUT2D eigenvalue weighted by Gasteiger charge is -2.17. The summed E-state index contributed by atoms with van der Waals surface area (Å²) in [6.07, 6.45) is -6.37. The number of aliphatic hydroxyl groups excluding tert-OH is 3. The summed E-state index contributed by atoms with van der Waals surface area (Å²) in [5, 5.41) is 41.3. The molecule has 0 amide bonds. The van der Waals surface area contributed by atoms with Crippen LogP contribution >= 0.6 is 11.8 Å². The van der Waals surface area contributed by atoms with Crippen molar-refractivity contribution in [2.24, 2.45) is 0 Å². The Morgan fingerprint density at radius 3 is 2.89 bits per heavy atom. The maximum atomic E-state index is 13.8. The predicted molar refractivity (Wildman–Crippen MR) is 128 cm³/mol. The van der Waals surface area contributed by atoms with E-state index in [1.165, 1.54) is 10.7 Å². The van der Waals surface area contributed by atoms with Gasteiger partial charge >= 0.3 is 0 Å². The van der Waals surface area contributed by atoms with Gasteiger partial charge in [-0.2, -0.15) is 0 Å². The first-order chi connectivity index (χ1) is 20.1. The fourth-order valence-electron chi connectivity index (χ4n) is 4.47. The van der Waals surface area contributed by atoms with Crippen LogP contribution in [0.25, 0.3) is 11.2 Å². The molecule has 5 rings (SSSR count). The number of hydrogen-bond acceptors (Lipinski definition) is 10. The van der Waals surface area contributed by atoms with E-state index in [0.717, 1.165) is 12.1 Å². The van der Waals surface area contributed by atoms with Crippen molar-refractivity contribution in [1.82, 2.24) is 25.0 Å². The smallest absolute Gasteiger partial charge is 0.191 e. The van der Waals surface area contributed by atoms with E-state index >= 15 is 0 Å². The normalized spacial score (nSPS) is 31.6. The third kappa shape index (κ3) is 4.90. The first-order valence-electron chi connectivity index (χ1n) is 14.7. The van der Waals surface area contributed by atoms with E-state index in [-0.39, 0.29) is 65.5 Å². The van der Waals surface area contributed by atoms with E-state index in [2.05, 4.69) is 25.6 Å². The third-order valence-electron chi connectivity index (χ3n) is 6.32. The Hall–Kier alpha value is -2.45. The molecule has 0 radical (unpaired) electrons. The van der Waals surface area contributed by atoms with E-state index in [0.29, 0.717) is 12.0 Å². The summed E-state index contributed by atoms with van der Waals surface area (Å²) in [6, 6.07) is 2.29. The molecule has 2 aliphatic carbocycles. The van der Waals surface area contributed by atoms with Crippen LogP contribution in [0.3, 0.4) is 0 Å². The van der Waals surface area contributed by atoms with Gasteiger partial charge in [0.2, 0.25) is 0 Å². The zero-order valence-corrected chi connectivity index (χ0v) is 19.5. The summed E-state index contributed by atoms with van der Waals surface area (Å²) >= 11 is 0.136. The number of benzene rings is 1. The number of hydrogen-bond donors (Lipinski definition) is 4. The quantitative estimate of drug-likeness (QED) is 0.228. The number of rotatable bonds is 10. The Labute approximate surface area is 219 Å². The summed E-state index contributed by atoms with van der Waals surface area (Å²) in [5.74, 6) is -2.20. The number of ether oxygens (including phenoxy) is 1. The van der Waals surface area contributed by atoms with Crippen molar-refractivity contribution >= 4 is 28.7 Å². The molecule has 6 atom stereocenters. The van der Waals surface area contributed by atoms with Gasteiger partial charge in [0.1, 0.15) is 12.2 Å². The number of halogens is 2. The van der Waals surface area contributed by atoms with Gasteiger partial charge in [-0.15, -0.1) is 5.10 Å². The minimum Gasteiger partial charge on any atom is -0.394 e. The van der Waals surface area contributed by atoms with Crippen LogP contribution in [0.15, 0.2) is 23.4 Å². The van der Waals surface area contributed by atoms with Gasteiger partial charge in [0.05, 0.1) is 25.4 Å². The number of nitrogens with zero attached hydrogens (tertiary/aromatic N) is 5. The summed E-state index contributed by atoms with van der Waals surface area (Å²) in [5.41, 5.74) is -2.48. The number of nitrogens with one attached hydrogen (secondary N) is 1. The minimum atomic E-state index is -3.32. The molecule has 1 aromatic carbocycles. The molecule has 2 heterocycles. The fourth-order valence-corrected chi connectivity index (χ4v) is 4.88. The van der Waals surface area contributed by atoms with Gasteiger partial charge in [-0.25, -0.2) is 23.4 Å². The van der Waals surface area contributed by atoms with Gasteiger partial charge in [-0.1, -0.05) is 29.9 Å². The van der Waals surface area contributed by atoms with E-state index in [4.69, 9.17) is 19.4 Å². The lowest BCUT2D eigenvalue weighted by atomic mass is 10.1. The Bertz CT molecular complexity index is 1500. The number of anilines is 1. The molecule has 2 aliphatic rings. The van der Waals surface area contributed by atoms with E-state index in [1.54, 1.807) is 0 Å². The number of fused-ring (bicyclic) bond motifs is 1. The first-order valence-corrected chi connectivity index (χ1v) is 12.0. The Morgan fingerprint density at radius 2 is 2.11 bits per heavy atom. The van der Waals surface area contributed by atoms with Crippen molar-refractivity contribution in [3.8, 4) is 0 Å².